The Morgan fingerprint density at radius 3 is 2.68 bits per heavy atom. The van der Waals surface area contributed by atoms with E-state index >= 15 is 0 Å². The van der Waals surface area contributed by atoms with Crippen LogP contribution in [0.2, 0.25) is 0 Å². The number of para-hydroxylation sites is 1. The zero-order valence-corrected chi connectivity index (χ0v) is 11.7. The van der Waals surface area contributed by atoms with Crippen LogP contribution in [0.1, 0.15) is 31.2 Å². The van der Waals surface area contributed by atoms with Gasteiger partial charge in [0.15, 0.2) is 0 Å². The maximum atomic E-state index is 12.0. The summed E-state index contributed by atoms with van der Waals surface area (Å²) >= 11 is 0. The molecule has 0 amide bonds. The Hall–Kier alpha value is -1.77. The Balaban J connectivity index is 2.42. The summed E-state index contributed by atoms with van der Waals surface area (Å²) in [5.74, 6) is 0.606. The predicted molar refractivity (Wildman–Crippen MR) is 74.2 cm³/mol. The molecule has 19 heavy (non-hydrogen) atoms. The van der Waals surface area contributed by atoms with Crippen LogP contribution in [0, 0.1) is 5.92 Å². The van der Waals surface area contributed by atoms with Crippen molar-refractivity contribution in [3.05, 3.63) is 41.5 Å². The molecule has 0 N–H and O–H groups in total. The lowest BCUT2D eigenvalue weighted by Crippen LogP contribution is -2.25. The molecule has 1 aliphatic carbocycles. The molecule has 0 bridgehead atoms. The highest BCUT2D eigenvalue weighted by molar-refractivity contribution is 5.74. The van der Waals surface area contributed by atoms with E-state index < -0.39 is 0 Å². The molecule has 0 heterocycles. The van der Waals surface area contributed by atoms with E-state index in [0.29, 0.717) is 0 Å². The number of esters is 1. The second-order valence-corrected chi connectivity index (χ2v) is 4.95. The number of hydrogen-bond acceptors (Lipinski definition) is 3. The average Bonchev–Trinajstić information content (AvgIpc) is 2.46. The summed E-state index contributed by atoms with van der Waals surface area (Å²) in [7, 11) is 3.11. The third-order valence-electron chi connectivity index (χ3n) is 3.75. The van der Waals surface area contributed by atoms with Gasteiger partial charge in [-0.2, -0.15) is 0 Å². The third-order valence-corrected chi connectivity index (χ3v) is 3.75. The average molecular weight is 260 g/mol. The Labute approximate surface area is 114 Å². The van der Waals surface area contributed by atoms with Crippen molar-refractivity contribution >= 4 is 5.97 Å². The molecule has 3 heteroatoms. The number of ether oxygens (including phenoxy) is 2. The van der Waals surface area contributed by atoms with Crippen LogP contribution in [-0.2, 0) is 9.53 Å². The first-order chi connectivity index (χ1) is 9.17. The molecule has 1 aromatic rings. The molecule has 0 unspecified atom stereocenters. The lowest BCUT2D eigenvalue weighted by molar-refractivity contribution is -0.146. The number of allylic oxidation sites excluding steroid dienone is 2. The highest BCUT2D eigenvalue weighted by Crippen LogP contribution is 2.40. The minimum Gasteiger partial charge on any atom is -0.496 e. The van der Waals surface area contributed by atoms with Crippen LogP contribution in [0.5, 0.6) is 5.75 Å². The minimum absolute atomic E-state index is 0.0392. The van der Waals surface area contributed by atoms with E-state index in [1.165, 1.54) is 12.7 Å². The molecule has 3 nitrogen and oxygen atoms in total. The molecular formula is C16H20O3. The van der Waals surface area contributed by atoms with Gasteiger partial charge < -0.3 is 9.47 Å². The molecular weight excluding hydrogens is 240 g/mol. The van der Waals surface area contributed by atoms with Crippen LogP contribution >= 0.6 is 0 Å². The minimum atomic E-state index is -0.139. The predicted octanol–water partition coefficient (Wildman–Crippen LogP) is 3.31. The lowest BCUT2D eigenvalue weighted by atomic mass is 9.77. The van der Waals surface area contributed by atoms with Gasteiger partial charge in [0.05, 0.1) is 20.1 Å². The van der Waals surface area contributed by atoms with Crippen molar-refractivity contribution in [1.82, 2.24) is 0 Å². The van der Waals surface area contributed by atoms with Crippen molar-refractivity contribution in [1.29, 1.82) is 0 Å². The molecule has 0 fully saturated rings. The monoisotopic (exact) mass is 260 g/mol. The summed E-state index contributed by atoms with van der Waals surface area (Å²) in [6.45, 7) is 2.11. The van der Waals surface area contributed by atoms with Crippen LogP contribution in [0.3, 0.4) is 0 Å². The van der Waals surface area contributed by atoms with Gasteiger partial charge in [-0.25, -0.2) is 0 Å². The fourth-order valence-electron chi connectivity index (χ4n) is 2.73. The van der Waals surface area contributed by atoms with Crippen molar-refractivity contribution in [2.24, 2.45) is 5.92 Å². The third kappa shape index (κ3) is 2.80. The van der Waals surface area contributed by atoms with Crippen LogP contribution in [0.4, 0.5) is 0 Å². The van der Waals surface area contributed by atoms with Crippen molar-refractivity contribution in [2.75, 3.05) is 14.2 Å². The van der Waals surface area contributed by atoms with Gasteiger partial charge in [0.2, 0.25) is 0 Å². The highest BCUT2D eigenvalue weighted by atomic mass is 16.5. The number of carbonyl (C=O) groups is 1. The molecule has 2 rings (SSSR count). The molecule has 102 valence electrons. The molecule has 0 saturated heterocycles. The van der Waals surface area contributed by atoms with Gasteiger partial charge in [0.25, 0.3) is 0 Å². The standard InChI is InChI=1S/C16H20O3/c1-11-8-9-13(16(17)19-3)14(10-11)12-6-4-5-7-15(12)18-2/h4-7,10,13-14H,8-9H2,1-3H3/t13-,14+/m1/s1. The van der Waals surface area contributed by atoms with Gasteiger partial charge in [-0.1, -0.05) is 29.8 Å². The summed E-state index contributed by atoms with van der Waals surface area (Å²) < 4.78 is 10.4. The van der Waals surface area contributed by atoms with Gasteiger partial charge >= 0.3 is 5.97 Å². The van der Waals surface area contributed by atoms with Gasteiger partial charge in [0.1, 0.15) is 5.75 Å². The Kier molecular flexibility index (Phi) is 4.25. The first-order valence-electron chi connectivity index (χ1n) is 6.55. The van der Waals surface area contributed by atoms with Crippen molar-refractivity contribution in [2.45, 2.75) is 25.7 Å². The summed E-state index contributed by atoms with van der Waals surface area (Å²) in [4.78, 5) is 12.0. The van der Waals surface area contributed by atoms with Gasteiger partial charge in [-0.15, -0.1) is 0 Å². The van der Waals surface area contributed by atoms with Crippen molar-refractivity contribution in [3.8, 4) is 5.75 Å². The fraction of sp³-hybridized carbons (Fsp3) is 0.438. The topological polar surface area (TPSA) is 35.5 Å². The van der Waals surface area contributed by atoms with Crippen LogP contribution in [0.25, 0.3) is 0 Å². The van der Waals surface area contributed by atoms with Crippen LogP contribution < -0.4 is 4.74 Å². The first kappa shape index (κ1) is 13.7. The summed E-state index contributed by atoms with van der Waals surface area (Å²) in [6, 6.07) is 7.87. The largest absolute Gasteiger partial charge is 0.496 e. The van der Waals surface area contributed by atoms with E-state index in [2.05, 4.69) is 13.0 Å². The lowest BCUT2D eigenvalue weighted by Gasteiger charge is -2.28. The van der Waals surface area contributed by atoms with Crippen molar-refractivity contribution < 1.29 is 14.3 Å². The normalized spacial score (nSPS) is 22.6. The highest BCUT2D eigenvalue weighted by Gasteiger charge is 2.33. The van der Waals surface area contributed by atoms with E-state index in [4.69, 9.17) is 9.47 Å². The van der Waals surface area contributed by atoms with Crippen LogP contribution in [0.15, 0.2) is 35.9 Å². The molecule has 1 aromatic carbocycles. The van der Waals surface area contributed by atoms with Gasteiger partial charge in [-0.3, -0.25) is 4.79 Å². The zero-order chi connectivity index (χ0) is 13.8. The number of hydrogen-bond donors (Lipinski definition) is 0. The second kappa shape index (κ2) is 5.91. The molecule has 1 aliphatic rings. The quantitative estimate of drug-likeness (QED) is 0.618. The molecule has 0 radical (unpaired) electrons. The number of benzene rings is 1. The fourth-order valence-corrected chi connectivity index (χ4v) is 2.73. The summed E-state index contributed by atoms with van der Waals surface area (Å²) in [6.07, 6.45) is 3.95. The summed E-state index contributed by atoms with van der Waals surface area (Å²) in [5, 5.41) is 0. The molecule has 0 aliphatic heterocycles. The Bertz CT molecular complexity index is 491. The maximum absolute atomic E-state index is 12.0. The molecule has 0 spiro atoms. The zero-order valence-electron chi connectivity index (χ0n) is 11.7. The molecule has 0 aromatic heterocycles. The van der Waals surface area contributed by atoms with E-state index in [1.54, 1.807) is 7.11 Å². The smallest absolute Gasteiger partial charge is 0.309 e. The Morgan fingerprint density at radius 2 is 2.00 bits per heavy atom. The van der Waals surface area contributed by atoms with Crippen LogP contribution in [-0.4, -0.2) is 20.2 Å². The van der Waals surface area contributed by atoms with Crippen molar-refractivity contribution in [3.63, 3.8) is 0 Å². The number of carbonyl (C=O) groups excluding carboxylic acids is 1. The second-order valence-electron chi connectivity index (χ2n) is 4.95. The molecule has 2 atom stereocenters. The van der Waals surface area contributed by atoms with Gasteiger partial charge in [0, 0.05) is 11.5 Å². The summed E-state index contributed by atoms with van der Waals surface area (Å²) in [5.41, 5.74) is 2.37. The van der Waals surface area contributed by atoms with E-state index in [0.717, 1.165) is 24.2 Å². The van der Waals surface area contributed by atoms with E-state index in [9.17, 15) is 4.79 Å². The first-order valence-corrected chi connectivity index (χ1v) is 6.55. The molecule has 0 saturated carbocycles. The Morgan fingerprint density at radius 1 is 1.26 bits per heavy atom. The van der Waals surface area contributed by atoms with E-state index in [1.807, 2.05) is 24.3 Å². The number of rotatable bonds is 3. The van der Waals surface area contributed by atoms with E-state index in [-0.39, 0.29) is 17.8 Å². The maximum Gasteiger partial charge on any atom is 0.309 e. The number of methoxy groups -OCH3 is 2. The SMILES string of the molecule is COC(=O)[C@@H]1CCC(C)=C[C@H]1c1ccccc1OC. The van der Waals surface area contributed by atoms with Gasteiger partial charge in [-0.05, 0) is 25.8 Å².